The number of carboxylic acids is 1. The molecule has 1 rings (SSSR count). The zero-order valence-corrected chi connectivity index (χ0v) is 12.8. The average molecular weight is 286 g/mol. The smallest absolute Gasteiger partial charge is 0.326 e. The SMILES string of the molecule is COC1(C)CCCN(C(=O)N[C@H](CC(C)C)C(=O)O)C1. The Labute approximate surface area is 120 Å². The molecule has 0 aliphatic carbocycles. The van der Waals surface area contributed by atoms with E-state index in [0.29, 0.717) is 19.5 Å². The second-order valence-corrected chi connectivity index (χ2v) is 6.15. The summed E-state index contributed by atoms with van der Waals surface area (Å²) in [5.74, 6) is -0.777. The van der Waals surface area contributed by atoms with Gasteiger partial charge in [0.05, 0.1) is 12.1 Å². The second kappa shape index (κ2) is 6.92. The molecule has 2 N–H and O–H groups in total. The molecule has 6 heteroatoms. The van der Waals surface area contributed by atoms with Crippen LogP contribution in [0.2, 0.25) is 0 Å². The number of aliphatic carboxylic acids is 1. The van der Waals surface area contributed by atoms with Crippen molar-refractivity contribution in [2.75, 3.05) is 20.2 Å². The van der Waals surface area contributed by atoms with Crippen LogP contribution in [0.1, 0.15) is 40.0 Å². The van der Waals surface area contributed by atoms with Crippen molar-refractivity contribution in [2.45, 2.75) is 51.7 Å². The number of piperidine rings is 1. The normalized spacial score (nSPS) is 24.6. The van der Waals surface area contributed by atoms with Gasteiger partial charge in [-0.05, 0) is 32.1 Å². The maximum atomic E-state index is 12.2. The third kappa shape index (κ3) is 4.67. The number of nitrogens with zero attached hydrogens (tertiary/aromatic N) is 1. The Morgan fingerprint density at radius 1 is 1.45 bits per heavy atom. The van der Waals surface area contributed by atoms with Gasteiger partial charge in [-0.25, -0.2) is 9.59 Å². The third-order valence-electron chi connectivity index (χ3n) is 3.74. The zero-order valence-electron chi connectivity index (χ0n) is 12.8. The largest absolute Gasteiger partial charge is 0.480 e. The molecule has 0 spiro atoms. The summed E-state index contributed by atoms with van der Waals surface area (Å²) in [4.78, 5) is 25.0. The summed E-state index contributed by atoms with van der Waals surface area (Å²) in [7, 11) is 1.64. The Morgan fingerprint density at radius 3 is 2.60 bits per heavy atom. The van der Waals surface area contributed by atoms with E-state index in [0.717, 1.165) is 12.8 Å². The molecule has 1 aliphatic heterocycles. The maximum Gasteiger partial charge on any atom is 0.326 e. The highest BCUT2D eigenvalue weighted by Crippen LogP contribution is 2.23. The minimum absolute atomic E-state index is 0.210. The standard InChI is InChI=1S/C14H26N2O4/c1-10(2)8-11(12(17)18)15-13(19)16-7-5-6-14(3,9-16)20-4/h10-11H,5-9H2,1-4H3,(H,15,19)(H,17,18)/t11-,14?/m1/s1. The highest BCUT2D eigenvalue weighted by molar-refractivity contribution is 5.82. The molecule has 0 aromatic heterocycles. The predicted molar refractivity (Wildman–Crippen MR) is 75.6 cm³/mol. The fraction of sp³-hybridized carbons (Fsp3) is 0.857. The van der Waals surface area contributed by atoms with E-state index in [1.165, 1.54) is 0 Å². The summed E-state index contributed by atoms with van der Waals surface area (Å²) >= 11 is 0. The molecule has 1 aliphatic rings. The van der Waals surface area contributed by atoms with Gasteiger partial charge in [0.15, 0.2) is 0 Å². The van der Waals surface area contributed by atoms with Crippen LogP contribution < -0.4 is 5.32 Å². The molecule has 0 saturated carbocycles. The lowest BCUT2D eigenvalue weighted by molar-refractivity contribution is -0.139. The molecule has 0 bridgehead atoms. The monoisotopic (exact) mass is 286 g/mol. The Kier molecular flexibility index (Phi) is 5.80. The van der Waals surface area contributed by atoms with E-state index in [1.807, 2.05) is 20.8 Å². The number of likely N-dealkylation sites (tertiary alicyclic amines) is 1. The summed E-state index contributed by atoms with van der Waals surface area (Å²) in [6.07, 6.45) is 2.19. The van der Waals surface area contributed by atoms with Gasteiger partial charge >= 0.3 is 12.0 Å². The van der Waals surface area contributed by atoms with Crippen LogP contribution in [-0.2, 0) is 9.53 Å². The van der Waals surface area contributed by atoms with Crippen molar-refractivity contribution >= 4 is 12.0 Å². The van der Waals surface area contributed by atoms with Crippen LogP contribution in [0.4, 0.5) is 4.79 Å². The fourth-order valence-corrected chi connectivity index (χ4v) is 2.48. The molecule has 1 heterocycles. The first-order valence-corrected chi connectivity index (χ1v) is 7.11. The maximum absolute atomic E-state index is 12.2. The van der Waals surface area contributed by atoms with Gasteiger partial charge in [0.2, 0.25) is 0 Å². The van der Waals surface area contributed by atoms with Gasteiger partial charge in [-0.2, -0.15) is 0 Å². The van der Waals surface area contributed by atoms with E-state index >= 15 is 0 Å². The molecule has 1 unspecified atom stereocenters. The number of hydrogen-bond donors (Lipinski definition) is 2. The van der Waals surface area contributed by atoms with Gasteiger partial charge in [-0.1, -0.05) is 13.8 Å². The number of ether oxygens (including phenoxy) is 1. The fourth-order valence-electron chi connectivity index (χ4n) is 2.48. The zero-order chi connectivity index (χ0) is 15.3. The van der Waals surface area contributed by atoms with Crippen molar-refractivity contribution in [3.05, 3.63) is 0 Å². The summed E-state index contributed by atoms with van der Waals surface area (Å²) in [6, 6.07) is -1.15. The minimum Gasteiger partial charge on any atom is -0.480 e. The van der Waals surface area contributed by atoms with Crippen LogP contribution in [0, 0.1) is 5.92 Å². The lowest BCUT2D eigenvalue weighted by atomic mass is 9.95. The molecule has 6 nitrogen and oxygen atoms in total. The van der Waals surface area contributed by atoms with Gasteiger partial charge in [0.1, 0.15) is 6.04 Å². The summed E-state index contributed by atoms with van der Waals surface area (Å²) < 4.78 is 5.44. The molecule has 2 atom stereocenters. The van der Waals surface area contributed by atoms with Crippen molar-refractivity contribution in [2.24, 2.45) is 5.92 Å². The third-order valence-corrected chi connectivity index (χ3v) is 3.74. The van der Waals surface area contributed by atoms with Gasteiger partial charge in [-0.3, -0.25) is 0 Å². The van der Waals surface area contributed by atoms with Crippen molar-refractivity contribution in [1.82, 2.24) is 10.2 Å². The molecule has 116 valence electrons. The van der Waals surface area contributed by atoms with E-state index in [4.69, 9.17) is 9.84 Å². The Bertz CT molecular complexity index is 359. The molecule has 2 amide bonds. The van der Waals surface area contributed by atoms with Crippen LogP contribution >= 0.6 is 0 Å². The number of carbonyl (C=O) groups is 2. The first-order valence-electron chi connectivity index (χ1n) is 7.11. The van der Waals surface area contributed by atoms with Gasteiger partial charge in [-0.15, -0.1) is 0 Å². The van der Waals surface area contributed by atoms with Crippen molar-refractivity contribution in [3.8, 4) is 0 Å². The van der Waals surface area contributed by atoms with Crippen molar-refractivity contribution in [3.63, 3.8) is 0 Å². The van der Waals surface area contributed by atoms with E-state index in [1.54, 1.807) is 12.0 Å². The van der Waals surface area contributed by atoms with E-state index in [2.05, 4.69) is 5.32 Å². The van der Waals surface area contributed by atoms with Crippen LogP contribution in [-0.4, -0.2) is 53.8 Å². The lowest BCUT2D eigenvalue weighted by Gasteiger charge is -2.39. The number of urea groups is 1. The highest BCUT2D eigenvalue weighted by atomic mass is 16.5. The summed E-state index contributed by atoms with van der Waals surface area (Å²) in [6.45, 7) is 6.97. The molecule has 20 heavy (non-hydrogen) atoms. The van der Waals surface area contributed by atoms with E-state index < -0.39 is 12.0 Å². The molecule has 0 aromatic carbocycles. The van der Waals surface area contributed by atoms with Gasteiger partial charge in [0.25, 0.3) is 0 Å². The Hall–Kier alpha value is -1.30. The summed E-state index contributed by atoms with van der Waals surface area (Å²) in [5.41, 5.74) is -0.341. The van der Waals surface area contributed by atoms with Crippen molar-refractivity contribution < 1.29 is 19.4 Å². The molecular weight excluding hydrogens is 260 g/mol. The molecule has 0 aromatic rings. The molecule has 1 fully saturated rings. The van der Waals surface area contributed by atoms with E-state index in [-0.39, 0.29) is 17.6 Å². The lowest BCUT2D eigenvalue weighted by Crippen LogP contribution is -2.55. The Balaban J connectivity index is 2.62. The first kappa shape index (κ1) is 16.8. The number of carboxylic acid groups (broad SMARTS) is 1. The Morgan fingerprint density at radius 2 is 2.10 bits per heavy atom. The average Bonchev–Trinajstić information content (AvgIpc) is 2.37. The van der Waals surface area contributed by atoms with Crippen LogP contribution in [0.3, 0.4) is 0 Å². The number of amides is 2. The molecular formula is C14H26N2O4. The molecule has 0 radical (unpaired) electrons. The predicted octanol–water partition coefficient (Wildman–Crippen LogP) is 1.70. The van der Waals surface area contributed by atoms with Crippen LogP contribution in [0.5, 0.6) is 0 Å². The number of methoxy groups -OCH3 is 1. The summed E-state index contributed by atoms with van der Waals surface area (Å²) in [5, 5.41) is 11.8. The van der Waals surface area contributed by atoms with E-state index in [9.17, 15) is 9.59 Å². The second-order valence-electron chi connectivity index (χ2n) is 6.15. The van der Waals surface area contributed by atoms with Crippen molar-refractivity contribution in [1.29, 1.82) is 0 Å². The van der Waals surface area contributed by atoms with Crippen LogP contribution in [0.15, 0.2) is 0 Å². The molecule has 1 saturated heterocycles. The number of hydrogen-bond acceptors (Lipinski definition) is 3. The van der Waals surface area contributed by atoms with Gasteiger partial charge in [0, 0.05) is 13.7 Å². The first-order chi connectivity index (χ1) is 9.27. The number of carbonyl (C=O) groups excluding carboxylic acids is 1. The quantitative estimate of drug-likeness (QED) is 0.806. The number of rotatable bonds is 5. The minimum atomic E-state index is -0.987. The highest BCUT2D eigenvalue weighted by Gasteiger charge is 2.34. The number of nitrogens with one attached hydrogen (secondary N) is 1. The topological polar surface area (TPSA) is 78.9 Å². The van der Waals surface area contributed by atoms with Gasteiger partial charge < -0.3 is 20.1 Å². The van der Waals surface area contributed by atoms with Crippen LogP contribution in [0.25, 0.3) is 0 Å².